The fourth-order valence-corrected chi connectivity index (χ4v) is 2.76. The Labute approximate surface area is 126 Å². The lowest BCUT2D eigenvalue weighted by Crippen LogP contribution is -2.13. The van der Waals surface area contributed by atoms with E-state index in [0.717, 1.165) is 17.0 Å². The van der Waals surface area contributed by atoms with Gasteiger partial charge in [0.1, 0.15) is 5.82 Å². The summed E-state index contributed by atoms with van der Waals surface area (Å²) in [5.41, 5.74) is 6.37. The van der Waals surface area contributed by atoms with Gasteiger partial charge in [-0.3, -0.25) is 4.79 Å². The number of rotatable bonds is 5. The van der Waals surface area contributed by atoms with Crippen molar-refractivity contribution in [3.05, 3.63) is 45.2 Å². The first-order valence-electron chi connectivity index (χ1n) is 6.12. The zero-order valence-corrected chi connectivity index (χ0v) is 12.5. The third-order valence-corrected chi connectivity index (χ3v) is 3.77. The van der Waals surface area contributed by atoms with Crippen LogP contribution in [0, 0.1) is 0 Å². The van der Waals surface area contributed by atoms with Crippen molar-refractivity contribution in [3.8, 4) is 0 Å². The van der Waals surface area contributed by atoms with Gasteiger partial charge in [-0.2, -0.15) is 0 Å². The number of hydrogen-bond acceptors (Lipinski definition) is 5. The summed E-state index contributed by atoms with van der Waals surface area (Å²) in [4.78, 5) is 19.1. The molecule has 0 unspecified atom stereocenters. The normalized spacial score (nSPS) is 10.7. The Morgan fingerprint density at radius 1 is 1.45 bits per heavy atom. The number of nitrogens with two attached hydrogens (primary N) is 1. The molecule has 106 valence electrons. The van der Waals surface area contributed by atoms with Crippen molar-refractivity contribution in [2.75, 3.05) is 12.3 Å². The minimum Gasteiger partial charge on any atom is -0.383 e. The first-order valence-corrected chi connectivity index (χ1v) is 7.31. The smallest absolute Gasteiger partial charge is 0.253 e. The molecule has 0 amide bonds. The molecule has 5 nitrogen and oxygen atoms in total. The summed E-state index contributed by atoms with van der Waals surface area (Å²) in [6.45, 7) is 3.60. The van der Waals surface area contributed by atoms with Gasteiger partial charge in [-0.25, -0.2) is 4.98 Å². The molecule has 0 aliphatic rings. The van der Waals surface area contributed by atoms with E-state index in [4.69, 9.17) is 17.3 Å². The van der Waals surface area contributed by atoms with Gasteiger partial charge < -0.3 is 16.0 Å². The molecule has 1 aromatic heterocycles. The molecular weight excluding hydrogens is 296 g/mol. The lowest BCUT2D eigenvalue weighted by Gasteiger charge is -2.10. The van der Waals surface area contributed by atoms with Crippen LogP contribution in [-0.2, 0) is 6.54 Å². The van der Waals surface area contributed by atoms with Crippen LogP contribution in [0.4, 0.5) is 5.82 Å². The Balaban J connectivity index is 2.29. The highest BCUT2D eigenvalue weighted by atomic mass is 35.5. The fourth-order valence-electron chi connectivity index (χ4n) is 1.65. The summed E-state index contributed by atoms with van der Waals surface area (Å²) in [5, 5.41) is 4.40. The zero-order valence-electron chi connectivity index (χ0n) is 10.9. The molecule has 0 bridgehead atoms. The summed E-state index contributed by atoms with van der Waals surface area (Å²) in [7, 11) is 0. The number of benzene rings is 1. The maximum Gasteiger partial charge on any atom is 0.253 e. The Morgan fingerprint density at radius 2 is 2.25 bits per heavy atom. The van der Waals surface area contributed by atoms with Crippen LogP contribution in [0.25, 0.3) is 0 Å². The number of hydrogen-bond donors (Lipinski definition) is 3. The molecule has 1 aromatic carbocycles. The highest BCUT2D eigenvalue weighted by molar-refractivity contribution is 7.99. The molecule has 0 spiro atoms. The largest absolute Gasteiger partial charge is 0.383 e. The molecule has 0 aliphatic carbocycles. The topological polar surface area (TPSA) is 83.8 Å². The second-order valence-corrected chi connectivity index (χ2v) is 5.58. The van der Waals surface area contributed by atoms with Gasteiger partial charge in [0.05, 0.1) is 0 Å². The van der Waals surface area contributed by atoms with Crippen LogP contribution in [-0.4, -0.2) is 16.5 Å². The Morgan fingerprint density at radius 3 is 2.95 bits per heavy atom. The Kier molecular flexibility index (Phi) is 5.05. The van der Waals surface area contributed by atoms with Crippen LogP contribution in [0.15, 0.2) is 39.1 Å². The molecule has 0 saturated carbocycles. The lowest BCUT2D eigenvalue weighted by molar-refractivity contribution is 0.718. The number of nitrogens with one attached hydrogen (secondary N) is 2. The monoisotopic (exact) mass is 310 g/mol. The number of aromatic amines is 1. The lowest BCUT2D eigenvalue weighted by atomic mass is 10.2. The average molecular weight is 311 g/mol. The van der Waals surface area contributed by atoms with E-state index in [2.05, 4.69) is 15.3 Å². The van der Waals surface area contributed by atoms with Gasteiger partial charge in [0.2, 0.25) is 0 Å². The standard InChI is InChI=1S/C13H15ClN4OS/c1-2-16-7-8-5-9(14)3-4-10(8)20-13-17-11(15)6-12(19)18-13/h3-6,16H,2,7H2,1H3,(H3,15,17,18,19). The van der Waals surface area contributed by atoms with E-state index in [1.54, 1.807) is 0 Å². The SMILES string of the molecule is CCNCc1cc(Cl)ccc1Sc1nc(N)cc(=O)[nH]1. The number of anilines is 1. The van der Waals surface area contributed by atoms with Gasteiger partial charge in [0, 0.05) is 22.5 Å². The highest BCUT2D eigenvalue weighted by Crippen LogP contribution is 2.29. The molecule has 7 heteroatoms. The van der Waals surface area contributed by atoms with Crippen LogP contribution >= 0.6 is 23.4 Å². The Bertz CT molecular complexity index is 659. The van der Waals surface area contributed by atoms with E-state index < -0.39 is 0 Å². The van der Waals surface area contributed by atoms with Crippen LogP contribution in [0.3, 0.4) is 0 Å². The van der Waals surface area contributed by atoms with E-state index in [0.29, 0.717) is 16.7 Å². The third-order valence-electron chi connectivity index (χ3n) is 2.53. The molecule has 0 fully saturated rings. The minimum atomic E-state index is -0.262. The van der Waals surface area contributed by atoms with E-state index >= 15 is 0 Å². The quantitative estimate of drug-likeness (QED) is 0.738. The fraction of sp³-hybridized carbons (Fsp3) is 0.231. The van der Waals surface area contributed by atoms with Crippen molar-refractivity contribution in [1.29, 1.82) is 0 Å². The molecule has 0 saturated heterocycles. The molecule has 2 aromatic rings. The predicted molar refractivity (Wildman–Crippen MR) is 82.2 cm³/mol. The van der Waals surface area contributed by atoms with E-state index in [9.17, 15) is 4.79 Å². The number of H-pyrrole nitrogens is 1. The summed E-state index contributed by atoms with van der Waals surface area (Å²) < 4.78 is 0. The van der Waals surface area contributed by atoms with Crippen molar-refractivity contribution in [3.63, 3.8) is 0 Å². The summed E-state index contributed by atoms with van der Waals surface area (Å²) in [5.74, 6) is 0.207. The van der Waals surface area contributed by atoms with Crippen molar-refractivity contribution in [1.82, 2.24) is 15.3 Å². The minimum absolute atomic E-state index is 0.207. The highest BCUT2D eigenvalue weighted by Gasteiger charge is 2.08. The molecule has 0 aliphatic heterocycles. The van der Waals surface area contributed by atoms with Gasteiger partial charge >= 0.3 is 0 Å². The molecule has 0 atom stereocenters. The molecule has 1 heterocycles. The maximum absolute atomic E-state index is 11.4. The number of halogens is 1. The Hall–Kier alpha value is -1.50. The summed E-state index contributed by atoms with van der Waals surface area (Å²) in [6.07, 6.45) is 0. The molecule has 20 heavy (non-hydrogen) atoms. The van der Waals surface area contributed by atoms with E-state index in [1.165, 1.54) is 17.8 Å². The first-order chi connectivity index (χ1) is 9.58. The average Bonchev–Trinajstić information content (AvgIpc) is 2.38. The number of nitrogens with zero attached hydrogens (tertiary/aromatic N) is 1. The molecular formula is C13H15ClN4OS. The first kappa shape index (κ1) is 14.9. The van der Waals surface area contributed by atoms with Crippen LogP contribution < -0.4 is 16.6 Å². The molecule has 0 radical (unpaired) electrons. The second-order valence-electron chi connectivity index (χ2n) is 4.11. The van der Waals surface area contributed by atoms with Gasteiger partial charge in [0.25, 0.3) is 5.56 Å². The second kappa shape index (κ2) is 6.78. The third kappa shape index (κ3) is 4.00. The van der Waals surface area contributed by atoms with Crippen molar-refractivity contribution < 1.29 is 0 Å². The van der Waals surface area contributed by atoms with Crippen molar-refractivity contribution in [2.24, 2.45) is 0 Å². The maximum atomic E-state index is 11.4. The van der Waals surface area contributed by atoms with Crippen molar-refractivity contribution >= 4 is 29.2 Å². The number of nitrogen functional groups attached to an aromatic ring is 1. The van der Waals surface area contributed by atoms with Gasteiger partial charge in [-0.05, 0) is 30.3 Å². The van der Waals surface area contributed by atoms with Gasteiger partial charge in [0.15, 0.2) is 5.16 Å². The van der Waals surface area contributed by atoms with Gasteiger partial charge in [-0.1, -0.05) is 30.3 Å². The van der Waals surface area contributed by atoms with Crippen LogP contribution in [0.1, 0.15) is 12.5 Å². The number of aromatic nitrogens is 2. The zero-order chi connectivity index (χ0) is 14.5. The van der Waals surface area contributed by atoms with Crippen LogP contribution in [0.5, 0.6) is 0 Å². The van der Waals surface area contributed by atoms with E-state index in [1.807, 2.05) is 25.1 Å². The van der Waals surface area contributed by atoms with Gasteiger partial charge in [-0.15, -0.1) is 0 Å². The van der Waals surface area contributed by atoms with Crippen molar-refractivity contribution in [2.45, 2.75) is 23.5 Å². The molecule has 2 rings (SSSR count). The van der Waals surface area contributed by atoms with E-state index in [-0.39, 0.29) is 11.4 Å². The summed E-state index contributed by atoms with van der Waals surface area (Å²) in [6, 6.07) is 6.87. The summed E-state index contributed by atoms with van der Waals surface area (Å²) >= 11 is 7.38. The molecule has 4 N–H and O–H groups in total. The van der Waals surface area contributed by atoms with Crippen LogP contribution in [0.2, 0.25) is 5.02 Å². The predicted octanol–water partition coefficient (Wildman–Crippen LogP) is 2.27.